The molecule has 0 spiro atoms. The van der Waals surface area contributed by atoms with Gasteiger partial charge in [-0.05, 0) is 18.6 Å². The summed E-state index contributed by atoms with van der Waals surface area (Å²) in [6, 6.07) is 3.49. The number of aromatic nitrogens is 2. The van der Waals surface area contributed by atoms with E-state index in [9.17, 15) is 0 Å². The van der Waals surface area contributed by atoms with Gasteiger partial charge in [0.25, 0.3) is 0 Å². The second-order valence-corrected chi connectivity index (χ2v) is 3.40. The summed E-state index contributed by atoms with van der Waals surface area (Å²) in [5, 5.41) is 7.97. The van der Waals surface area contributed by atoms with Crippen LogP contribution in [0, 0.1) is 0 Å². The van der Waals surface area contributed by atoms with Gasteiger partial charge in [0.1, 0.15) is 0 Å². The summed E-state index contributed by atoms with van der Waals surface area (Å²) in [6.07, 6.45) is 1.03. The summed E-state index contributed by atoms with van der Waals surface area (Å²) in [6.45, 7) is 4.49. The van der Waals surface area contributed by atoms with Crippen LogP contribution in [0.2, 0.25) is 5.15 Å². The van der Waals surface area contributed by atoms with Gasteiger partial charge in [0.05, 0.1) is 25.5 Å². The Bertz CT molecular complexity index is 267. The SMILES string of the molecule is CCCOCCOCc1ccc(Cl)nn1. The number of ether oxygens (including phenoxy) is 2. The molecule has 15 heavy (non-hydrogen) atoms. The van der Waals surface area contributed by atoms with Crippen molar-refractivity contribution < 1.29 is 9.47 Å². The molecular weight excluding hydrogens is 216 g/mol. The van der Waals surface area contributed by atoms with Gasteiger partial charge in [0, 0.05) is 6.61 Å². The van der Waals surface area contributed by atoms with E-state index in [0.717, 1.165) is 18.7 Å². The van der Waals surface area contributed by atoms with Crippen molar-refractivity contribution in [3.63, 3.8) is 0 Å². The molecule has 0 fully saturated rings. The fraction of sp³-hybridized carbons (Fsp3) is 0.600. The van der Waals surface area contributed by atoms with Crippen LogP contribution in [0.5, 0.6) is 0 Å². The van der Waals surface area contributed by atoms with E-state index in [-0.39, 0.29) is 0 Å². The lowest BCUT2D eigenvalue weighted by atomic mass is 10.4. The van der Waals surface area contributed by atoms with E-state index < -0.39 is 0 Å². The van der Waals surface area contributed by atoms with Crippen LogP contribution in [0.3, 0.4) is 0 Å². The summed E-state index contributed by atoms with van der Waals surface area (Å²) in [7, 11) is 0. The first-order valence-electron chi connectivity index (χ1n) is 4.96. The van der Waals surface area contributed by atoms with E-state index in [1.165, 1.54) is 0 Å². The molecule has 0 saturated heterocycles. The topological polar surface area (TPSA) is 44.2 Å². The number of hydrogen-bond donors (Lipinski definition) is 0. The summed E-state index contributed by atoms with van der Waals surface area (Å²) in [5.74, 6) is 0. The van der Waals surface area contributed by atoms with Gasteiger partial charge in [-0.3, -0.25) is 0 Å². The second-order valence-electron chi connectivity index (χ2n) is 3.01. The van der Waals surface area contributed by atoms with Crippen LogP contribution >= 0.6 is 11.6 Å². The molecule has 0 aromatic carbocycles. The molecule has 0 radical (unpaired) electrons. The maximum atomic E-state index is 5.60. The predicted molar refractivity (Wildman–Crippen MR) is 57.8 cm³/mol. The minimum absolute atomic E-state index is 0.394. The van der Waals surface area contributed by atoms with E-state index >= 15 is 0 Å². The normalized spacial score (nSPS) is 10.5. The minimum Gasteiger partial charge on any atom is -0.379 e. The third-order valence-electron chi connectivity index (χ3n) is 1.66. The molecule has 1 heterocycles. The zero-order valence-electron chi connectivity index (χ0n) is 8.78. The van der Waals surface area contributed by atoms with Crippen LogP contribution in [0.15, 0.2) is 12.1 Å². The van der Waals surface area contributed by atoms with Crippen molar-refractivity contribution in [2.24, 2.45) is 0 Å². The van der Waals surface area contributed by atoms with Crippen LogP contribution in [0.1, 0.15) is 19.0 Å². The molecule has 0 bridgehead atoms. The van der Waals surface area contributed by atoms with Crippen molar-refractivity contribution in [1.82, 2.24) is 10.2 Å². The standard InChI is InChI=1S/C10H15ClN2O2/c1-2-5-14-6-7-15-8-9-3-4-10(11)13-12-9/h3-4H,2,5-8H2,1H3. The van der Waals surface area contributed by atoms with Gasteiger partial charge >= 0.3 is 0 Å². The Kier molecular flexibility index (Phi) is 6.23. The van der Waals surface area contributed by atoms with Gasteiger partial charge in [-0.2, -0.15) is 5.10 Å². The molecule has 5 heteroatoms. The third kappa shape index (κ3) is 5.67. The first-order chi connectivity index (χ1) is 7.33. The van der Waals surface area contributed by atoms with Gasteiger partial charge < -0.3 is 9.47 Å². The number of nitrogens with zero attached hydrogens (tertiary/aromatic N) is 2. The molecule has 0 aliphatic rings. The van der Waals surface area contributed by atoms with Crippen LogP contribution in [-0.2, 0) is 16.1 Å². The van der Waals surface area contributed by atoms with Crippen molar-refractivity contribution in [2.45, 2.75) is 20.0 Å². The molecule has 0 aliphatic carbocycles. The Labute approximate surface area is 94.6 Å². The average Bonchev–Trinajstić information content (AvgIpc) is 2.26. The summed E-state index contributed by atoms with van der Waals surface area (Å²) in [5.41, 5.74) is 0.773. The quantitative estimate of drug-likeness (QED) is 0.673. The minimum atomic E-state index is 0.394. The smallest absolute Gasteiger partial charge is 0.151 e. The highest BCUT2D eigenvalue weighted by molar-refractivity contribution is 6.29. The van der Waals surface area contributed by atoms with Crippen molar-refractivity contribution in [3.05, 3.63) is 23.0 Å². The van der Waals surface area contributed by atoms with Crippen LogP contribution < -0.4 is 0 Å². The van der Waals surface area contributed by atoms with Gasteiger partial charge in [0.15, 0.2) is 5.15 Å². The maximum absolute atomic E-state index is 5.60. The zero-order valence-corrected chi connectivity index (χ0v) is 9.54. The van der Waals surface area contributed by atoms with Crippen LogP contribution in [0.4, 0.5) is 0 Å². The van der Waals surface area contributed by atoms with Gasteiger partial charge in [-0.25, -0.2) is 0 Å². The molecule has 0 amide bonds. The Morgan fingerprint density at radius 2 is 1.93 bits per heavy atom. The Morgan fingerprint density at radius 3 is 2.60 bits per heavy atom. The summed E-state index contributed by atoms with van der Waals surface area (Å²) in [4.78, 5) is 0. The molecule has 0 N–H and O–H groups in total. The van der Waals surface area contributed by atoms with Gasteiger partial charge in [-0.1, -0.05) is 18.5 Å². The molecule has 4 nitrogen and oxygen atoms in total. The van der Waals surface area contributed by atoms with E-state index in [1.54, 1.807) is 12.1 Å². The lowest BCUT2D eigenvalue weighted by Gasteiger charge is -2.03. The molecule has 1 aromatic rings. The Balaban J connectivity index is 2.07. The van der Waals surface area contributed by atoms with E-state index in [1.807, 2.05) is 0 Å². The molecule has 1 rings (SSSR count). The van der Waals surface area contributed by atoms with E-state index in [4.69, 9.17) is 21.1 Å². The molecule has 0 saturated carbocycles. The first-order valence-corrected chi connectivity index (χ1v) is 5.34. The van der Waals surface area contributed by atoms with Crippen molar-refractivity contribution in [1.29, 1.82) is 0 Å². The molecule has 0 unspecified atom stereocenters. The highest BCUT2D eigenvalue weighted by atomic mass is 35.5. The van der Waals surface area contributed by atoms with Gasteiger partial charge in [0.2, 0.25) is 0 Å². The van der Waals surface area contributed by atoms with Crippen molar-refractivity contribution >= 4 is 11.6 Å². The highest BCUT2D eigenvalue weighted by Gasteiger charge is 1.96. The molecule has 1 aromatic heterocycles. The predicted octanol–water partition coefficient (Wildman–Crippen LogP) is 2.07. The fourth-order valence-electron chi connectivity index (χ4n) is 0.962. The zero-order chi connectivity index (χ0) is 10.9. The lowest BCUT2D eigenvalue weighted by molar-refractivity contribution is 0.0395. The van der Waals surface area contributed by atoms with E-state index in [2.05, 4.69) is 17.1 Å². The second kappa shape index (κ2) is 7.56. The Hall–Kier alpha value is -0.710. The number of halogens is 1. The van der Waals surface area contributed by atoms with E-state index in [0.29, 0.717) is 25.0 Å². The molecular formula is C10H15ClN2O2. The van der Waals surface area contributed by atoms with Crippen LogP contribution in [-0.4, -0.2) is 30.0 Å². The fourth-order valence-corrected chi connectivity index (χ4v) is 1.06. The van der Waals surface area contributed by atoms with Crippen molar-refractivity contribution in [2.75, 3.05) is 19.8 Å². The molecule has 0 atom stereocenters. The van der Waals surface area contributed by atoms with Crippen LogP contribution in [0.25, 0.3) is 0 Å². The third-order valence-corrected chi connectivity index (χ3v) is 1.86. The summed E-state index contributed by atoms with van der Waals surface area (Å²) < 4.78 is 10.6. The number of hydrogen-bond acceptors (Lipinski definition) is 4. The monoisotopic (exact) mass is 230 g/mol. The summed E-state index contributed by atoms with van der Waals surface area (Å²) >= 11 is 5.60. The lowest BCUT2D eigenvalue weighted by Crippen LogP contribution is -2.05. The average molecular weight is 231 g/mol. The number of rotatable bonds is 7. The van der Waals surface area contributed by atoms with Gasteiger partial charge in [-0.15, -0.1) is 5.10 Å². The van der Waals surface area contributed by atoms with Crippen molar-refractivity contribution in [3.8, 4) is 0 Å². The maximum Gasteiger partial charge on any atom is 0.151 e. The molecule has 84 valence electrons. The first kappa shape index (κ1) is 12.4. The highest BCUT2D eigenvalue weighted by Crippen LogP contribution is 2.02. The Morgan fingerprint density at radius 1 is 1.13 bits per heavy atom. The largest absolute Gasteiger partial charge is 0.379 e. The molecule has 0 aliphatic heterocycles.